The minimum absolute atomic E-state index is 0.967. The molecule has 0 spiro atoms. The fourth-order valence-electron chi connectivity index (χ4n) is 1.45. The Kier molecular flexibility index (Phi) is 5.77. The summed E-state index contributed by atoms with van der Waals surface area (Å²) in [5.74, 6) is 1.01. The van der Waals surface area contributed by atoms with E-state index >= 15 is 0 Å². The van der Waals surface area contributed by atoms with Crippen LogP contribution in [0.1, 0.15) is 18.9 Å². The average molecular weight is 286 g/mol. The Bertz CT molecular complexity index is 328. The van der Waals surface area contributed by atoms with E-state index < -0.39 is 0 Å². The topological polar surface area (TPSA) is 28.2 Å². The van der Waals surface area contributed by atoms with Gasteiger partial charge in [-0.1, -0.05) is 6.92 Å². The minimum Gasteiger partial charge on any atom is -0.357 e. The molecule has 16 heavy (non-hydrogen) atoms. The van der Waals surface area contributed by atoms with Crippen LogP contribution in [0.15, 0.2) is 16.7 Å². The summed E-state index contributed by atoms with van der Waals surface area (Å²) in [7, 11) is 2.07. The first-order chi connectivity index (χ1) is 7.66. The van der Waals surface area contributed by atoms with Crippen molar-refractivity contribution < 1.29 is 0 Å². The molecule has 90 valence electrons. The molecule has 1 rings (SSSR count). The van der Waals surface area contributed by atoms with Crippen LogP contribution in [0.2, 0.25) is 0 Å². The fourth-order valence-corrected chi connectivity index (χ4v) is 1.98. The maximum atomic E-state index is 4.39. The Balaban J connectivity index is 2.52. The number of pyridine rings is 1. The SMILES string of the molecule is CCCNCCN(C)c1nccc(C)c1Br. The summed E-state index contributed by atoms with van der Waals surface area (Å²) in [6.45, 7) is 7.30. The molecule has 1 heterocycles. The number of hydrogen-bond donors (Lipinski definition) is 1. The highest BCUT2D eigenvalue weighted by Crippen LogP contribution is 2.25. The number of anilines is 1. The highest BCUT2D eigenvalue weighted by atomic mass is 79.9. The minimum atomic E-state index is 0.967. The Morgan fingerprint density at radius 1 is 1.44 bits per heavy atom. The third-order valence-electron chi connectivity index (χ3n) is 2.48. The molecule has 1 aromatic rings. The van der Waals surface area contributed by atoms with Gasteiger partial charge in [0.25, 0.3) is 0 Å². The van der Waals surface area contributed by atoms with E-state index in [-0.39, 0.29) is 0 Å². The second kappa shape index (κ2) is 6.86. The van der Waals surface area contributed by atoms with Gasteiger partial charge in [0.2, 0.25) is 0 Å². The van der Waals surface area contributed by atoms with E-state index in [2.05, 4.69) is 52.0 Å². The number of hydrogen-bond acceptors (Lipinski definition) is 3. The number of nitrogens with one attached hydrogen (secondary N) is 1. The molecule has 0 saturated carbocycles. The average Bonchev–Trinajstić information content (AvgIpc) is 2.28. The summed E-state index contributed by atoms with van der Waals surface area (Å²) in [4.78, 5) is 6.56. The van der Waals surface area contributed by atoms with Crippen molar-refractivity contribution in [2.45, 2.75) is 20.3 Å². The van der Waals surface area contributed by atoms with Crippen molar-refractivity contribution in [3.05, 3.63) is 22.3 Å². The largest absolute Gasteiger partial charge is 0.357 e. The summed E-state index contributed by atoms with van der Waals surface area (Å²) in [5, 5.41) is 3.39. The first-order valence-electron chi connectivity index (χ1n) is 5.69. The molecule has 0 aromatic carbocycles. The second-order valence-electron chi connectivity index (χ2n) is 3.94. The maximum Gasteiger partial charge on any atom is 0.142 e. The van der Waals surface area contributed by atoms with Gasteiger partial charge < -0.3 is 10.2 Å². The lowest BCUT2D eigenvalue weighted by molar-refractivity contribution is 0.663. The molecular formula is C12H20BrN3. The van der Waals surface area contributed by atoms with Gasteiger partial charge in [-0.3, -0.25) is 0 Å². The Morgan fingerprint density at radius 2 is 2.19 bits per heavy atom. The second-order valence-corrected chi connectivity index (χ2v) is 4.73. The quantitative estimate of drug-likeness (QED) is 0.815. The van der Waals surface area contributed by atoms with Crippen molar-refractivity contribution >= 4 is 21.7 Å². The van der Waals surface area contributed by atoms with Crippen molar-refractivity contribution in [1.82, 2.24) is 10.3 Å². The summed E-state index contributed by atoms with van der Waals surface area (Å²) in [6.07, 6.45) is 3.03. The van der Waals surface area contributed by atoms with Crippen molar-refractivity contribution in [2.24, 2.45) is 0 Å². The lowest BCUT2D eigenvalue weighted by Crippen LogP contribution is -2.30. The summed E-state index contributed by atoms with van der Waals surface area (Å²) in [5.41, 5.74) is 1.22. The summed E-state index contributed by atoms with van der Waals surface area (Å²) in [6, 6.07) is 2.01. The molecule has 0 aliphatic carbocycles. The Labute approximate surface area is 106 Å². The molecule has 0 fully saturated rings. The predicted molar refractivity (Wildman–Crippen MR) is 73.1 cm³/mol. The summed E-state index contributed by atoms with van der Waals surface area (Å²) >= 11 is 3.58. The summed E-state index contributed by atoms with van der Waals surface area (Å²) < 4.78 is 1.09. The van der Waals surface area contributed by atoms with Crippen LogP contribution in [0.5, 0.6) is 0 Å². The van der Waals surface area contributed by atoms with Crippen molar-refractivity contribution in [1.29, 1.82) is 0 Å². The van der Waals surface area contributed by atoms with Gasteiger partial charge in [-0.2, -0.15) is 0 Å². The van der Waals surface area contributed by atoms with Gasteiger partial charge >= 0.3 is 0 Å². The lowest BCUT2D eigenvalue weighted by atomic mass is 10.3. The third kappa shape index (κ3) is 3.76. The zero-order valence-corrected chi connectivity index (χ0v) is 11.8. The number of rotatable bonds is 6. The normalized spacial score (nSPS) is 10.5. The number of nitrogens with zero attached hydrogens (tertiary/aromatic N) is 2. The van der Waals surface area contributed by atoms with E-state index in [1.165, 1.54) is 12.0 Å². The molecule has 0 radical (unpaired) electrons. The van der Waals surface area contributed by atoms with Crippen LogP contribution in [0.25, 0.3) is 0 Å². The standard InChI is InChI=1S/C12H20BrN3/c1-4-6-14-8-9-16(3)12-11(13)10(2)5-7-15-12/h5,7,14H,4,6,8-9H2,1-3H3. The van der Waals surface area contributed by atoms with Gasteiger partial charge in [0.15, 0.2) is 0 Å². The molecule has 4 heteroatoms. The first-order valence-corrected chi connectivity index (χ1v) is 6.49. The molecular weight excluding hydrogens is 266 g/mol. The predicted octanol–water partition coefficient (Wildman–Crippen LogP) is 2.59. The number of halogens is 1. The van der Waals surface area contributed by atoms with E-state index in [9.17, 15) is 0 Å². The van der Waals surface area contributed by atoms with Crippen LogP contribution >= 0.6 is 15.9 Å². The maximum absolute atomic E-state index is 4.39. The van der Waals surface area contributed by atoms with Crippen LogP contribution in [0.4, 0.5) is 5.82 Å². The van der Waals surface area contributed by atoms with E-state index in [0.717, 1.165) is 29.9 Å². The number of aryl methyl sites for hydroxylation is 1. The lowest BCUT2D eigenvalue weighted by Gasteiger charge is -2.20. The molecule has 0 aliphatic rings. The van der Waals surface area contributed by atoms with Gasteiger partial charge in [-0.15, -0.1) is 0 Å². The van der Waals surface area contributed by atoms with E-state index in [1.54, 1.807) is 0 Å². The molecule has 0 atom stereocenters. The Morgan fingerprint density at radius 3 is 2.88 bits per heavy atom. The highest BCUT2D eigenvalue weighted by molar-refractivity contribution is 9.10. The molecule has 3 nitrogen and oxygen atoms in total. The highest BCUT2D eigenvalue weighted by Gasteiger charge is 2.08. The zero-order chi connectivity index (χ0) is 12.0. The number of aromatic nitrogens is 1. The van der Waals surface area contributed by atoms with Gasteiger partial charge in [-0.25, -0.2) is 4.98 Å². The zero-order valence-electron chi connectivity index (χ0n) is 10.3. The van der Waals surface area contributed by atoms with Crippen LogP contribution in [-0.4, -0.2) is 31.7 Å². The fraction of sp³-hybridized carbons (Fsp3) is 0.583. The van der Waals surface area contributed by atoms with Gasteiger partial charge in [0.05, 0.1) is 4.47 Å². The van der Waals surface area contributed by atoms with Crippen molar-refractivity contribution in [3.8, 4) is 0 Å². The van der Waals surface area contributed by atoms with Gasteiger partial charge in [0, 0.05) is 26.3 Å². The first kappa shape index (κ1) is 13.5. The molecule has 1 N–H and O–H groups in total. The van der Waals surface area contributed by atoms with E-state index in [1.807, 2.05) is 12.3 Å². The monoisotopic (exact) mass is 285 g/mol. The van der Waals surface area contributed by atoms with Crippen molar-refractivity contribution in [3.63, 3.8) is 0 Å². The van der Waals surface area contributed by atoms with Crippen molar-refractivity contribution in [2.75, 3.05) is 31.6 Å². The molecule has 1 aromatic heterocycles. The molecule has 0 unspecified atom stereocenters. The van der Waals surface area contributed by atoms with Crippen LogP contribution in [0.3, 0.4) is 0 Å². The van der Waals surface area contributed by atoms with Gasteiger partial charge in [-0.05, 0) is 47.4 Å². The third-order valence-corrected chi connectivity index (χ3v) is 3.46. The molecule has 0 aliphatic heterocycles. The van der Waals surface area contributed by atoms with E-state index in [4.69, 9.17) is 0 Å². The van der Waals surface area contributed by atoms with Crippen LogP contribution in [-0.2, 0) is 0 Å². The van der Waals surface area contributed by atoms with Crippen LogP contribution < -0.4 is 10.2 Å². The molecule has 0 bridgehead atoms. The smallest absolute Gasteiger partial charge is 0.142 e. The molecule has 0 saturated heterocycles. The van der Waals surface area contributed by atoms with E-state index in [0.29, 0.717) is 0 Å². The Hall–Kier alpha value is -0.610. The van der Waals surface area contributed by atoms with Crippen LogP contribution in [0, 0.1) is 6.92 Å². The number of likely N-dealkylation sites (N-methyl/N-ethyl adjacent to an activating group) is 1. The van der Waals surface area contributed by atoms with Gasteiger partial charge in [0.1, 0.15) is 5.82 Å². The molecule has 0 amide bonds.